The molecule has 0 aliphatic carbocycles. The molecule has 1 aromatic carbocycles. The van der Waals surface area contributed by atoms with Gasteiger partial charge in [0.25, 0.3) is 0 Å². The molecule has 1 aliphatic rings. The number of rotatable bonds is 7. The highest BCUT2D eigenvalue weighted by Crippen LogP contribution is 2.28. The fraction of sp³-hybridized carbons (Fsp3) is 0.478. The summed E-state index contributed by atoms with van der Waals surface area (Å²) in [7, 11) is 1.85. The van der Waals surface area contributed by atoms with Crippen molar-refractivity contribution in [1.82, 2.24) is 9.47 Å². The van der Waals surface area contributed by atoms with E-state index < -0.39 is 0 Å². The molecule has 160 valence electrons. The van der Waals surface area contributed by atoms with Crippen molar-refractivity contribution < 1.29 is 13.9 Å². The first kappa shape index (κ1) is 22.0. The predicted octanol–water partition coefficient (Wildman–Crippen LogP) is 3.93. The lowest BCUT2D eigenvalue weighted by atomic mass is 10.1. The number of likely N-dealkylation sites (N-methyl/N-ethyl adjacent to an activating group) is 1. The van der Waals surface area contributed by atoms with Gasteiger partial charge in [-0.1, -0.05) is 12.1 Å². The number of carbonyl (C=O) groups is 1. The molecule has 1 aliphatic heterocycles. The Bertz CT molecular complexity index is 940. The summed E-state index contributed by atoms with van der Waals surface area (Å²) < 4.78 is 20.9. The van der Waals surface area contributed by atoms with Crippen LogP contribution in [0.5, 0.6) is 0 Å². The molecule has 1 aromatic heterocycles. The summed E-state index contributed by atoms with van der Waals surface area (Å²) >= 11 is 0. The number of anilines is 1. The number of benzene rings is 1. The Morgan fingerprint density at radius 3 is 2.70 bits per heavy atom. The maximum absolute atomic E-state index is 13.2. The van der Waals surface area contributed by atoms with E-state index in [1.807, 2.05) is 37.3 Å². The fourth-order valence-electron chi connectivity index (χ4n) is 3.88. The van der Waals surface area contributed by atoms with Crippen molar-refractivity contribution in [1.29, 1.82) is 5.26 Å². The SMILES string of the molecule is Cc1c(C#N)c(NC(=O)CN(C)[C@H](C)c2ccc(F)cc2)n(C[C@@H]2CCCO2)c1C. The largest absolute Gasteiger partial charge is 0.376 e. The van der Waals surface area contributed by atoms with E-state index in [1.165, 1.54) is 12.1 Å². The van der Waals surface area contributed by atoms with E-state index in [-0.39, 0.29) is 30.4 Å². The molecule has 7 heteroatoms. The van der Waals surface area contributed by atoms with Crippen LogP contribution in [0.3, 0.4) is 0 Å². The molecule has 1 saturated heterocycles. The molecule has 0 spiro atoms. The van der Waals surface area contributed by atoms with Crippen LogP contribution >= 0.6 is 0 Å². The lowest BCUT2D eigenvalue weighted by Gasteiger charge is -2.25. The molecule has 1 amide bonds. The number of nitriles is 1. The van der Waals surface area contributed by atoms with Crippen molar-refractivity contribution >= 4 is 11.7 Å². The molecule has 2 atom stereocenters. The maximum atomic E-state index is 13.2. The van der Waals surface area contributed by atoms with Crippen LogP contribution in [0, 0.1) is 31.0 Å². The quantitative estimate of drug-likeness (QED) is 0.748. The Hall–Kier alpha value is -2.69. The molecule has 2 aromatic rings. The number of nitrogens with one attached hydrogen (secondary N) is 1. The smallest absolute Gasteiger partial charge is 0.239 e. The Labute approximate surface area is 177 Å². The van der Waals surface area contributed by atoms with Gasteiger partial charge in [-0.2, -0.15) is 5.26 Å². The van der Waals surface area contributed by atoms with E-state index in [9.17, 15) is 14.4 Å². The molecule has 1 fully saturated rings. The number of aromatic nitrogens is 1. The van der Waals surface area contributed by atoms with Crippen LogP contribution in [0.4, 0.5) is 10.2 Å². The first-order valence-corrected chi connectivity index (χ1v) is 10.3. The average molecular weight is 413 g/mol. The molecule has 0 saturated carbocycles. The fourth-order valence-corrected chi connectivity index (χ4v) is 3.88. The minimum atomic E-state index is -0.284. The highest BCUT2D eigenvalue weighted by atomic mass is 19.1. The third-order valence-electron chi connectivity index (χ3n) is 6.02. The summed E-state index contributed by atoms with van der Waals surface area (Å²) in [5.41, 5.74) is 3.26. The standard InChI is InChI=1S/C23H29FN4O2/c1-15-16(2)28(13-20-6-5-11-30-20)23(21(15)12-25)26-22(29)14-27(4)17(3)18-7-9-19(24)10-8-18/h7-10,17,20H,5-6,11,13-14H2,1-4H3,(H,26,29)/t17-,20+/m1/s1. The summed E-state index contributed by atoms with van der Waals surface area (Å²) in [5, 5.41) is 12.6. The average Bonchev–Trinajstić information content (AvgIpc) is 3.31. The summed E-state index contributed by atoms with van der Waals surface area (Å²) in [6.07, 6.45) is 2.10. The summed E-state index contributed by atoms with van der Waals surface area (Å²) in [6.45, 7) is 7.35. The molecule has 2 heterocycles. The van der Waals surface area contributed by atoms with Gasteiger partial charge in [-0.3, -0.25) is 9.69 Å². The highest BCUT2D eigenvalue weighted by Gasteiger charge is 2.24. The van der Waals surface area contributed by atoms with E-state index in [4.69, 9.17) is 4.74 Å². The third kappa shape index (κ3) is 4.72. The number of carbonyl (C=O) groups excluding carboxylic acids is 1. The number of halogens is 1. The number of ether oxygens (including phenoxy) is 1. The number of hydrogen-bond acceptors (Lipinski definition) is 4. The summed E-state index contributed by atoms with van der Waals surface area (Å²) in [6, 6.07) is 8.46. The van der Waals surface area contributed by atoms with Crippen LogP contribution in [0.2, 0.25) is 0 Å². The van der Waals surface area contributed by atoms with Gasteiger partial charge in [0.05, 0.1) is 24.8 Å². The zero-order valence-electron chi connectivity index (χ0n) is 18.0. The number of hydrogen-bond donors (Lipinski definition) is 1. The normalized spacial score (nSPS) is 17.2. The van der Waals surface area contributed by atoms with Crippen LogP contribution in [0.25, 0.3) is 0 Å². The van der Waals surface area contributed by atoms with Gasteiger partial charge < -0.3 is 14.6 Å². The van der Waals surface area contributed by atoms with Crippen molar-refractivity contribution in [3.8, 4) is 6.07 Å². The van der Waals surface area contributed by atoms with Gasteiger partial charge in [0, 0.05) is 18.3 Å². The van der Waals surface area contributed by atoms with Crippen LogP contribution in [-0.2, 0) is 16.1 Å². The van der Waals surface area contributed by atoms with E-state index in [1.54, 1.807) is 12.1 Å². The van der Waals surface area contributed by atoms with E-state index in [0.29, 0.717) is 17.9 Å². The molecule has 30 heavy (non-hydrogen) atoms. The molecule has 3 rings (SSSR count). The van der Waals surface area contributed by atoms with Gasteiger partial charge in [-0.15, -0.1) is 0 Å². The van der Waals surface area contributed by atoms with Gasteiger partial charge >= 0.3 is 0 Å². The van der Waals surface area contributed by atoms with Gasteiger partial charge in [-0.05, 0) is 63.9 Å². The zero-order chi connectivity index (χ0) is 21.8. The lowest BCUT2D eigenvalue weighted by Crippen LogP contribution is -2.33. The Balaban J connectivity index is 1.74. The molecule has 1 N–H and O–H groups in total. The molecule has 0 bridgehead atoms. The molecule has 0 radical (unpaired) electrons. The first-order valence-electron chi connectivity index (χ1n) is 10.3. The van der Waals surface area contributed by atoms with Gasteiger partial charge in [0.1, 0.15) is 17.7 Å². The van der Waals surface area contributed by atoms with Crippen molar-refractivity contribution in [3.63, 3.8) is 0 Å². The van der Waals surface area contributed by atoms with Crippen molar-refractivity contribution in [2.75, 3.05) is 25.5 Å². The maximum Gasteiger partial charge on any atom is 0.239 e. The van der Waals surface area contributed by atoms with Gasteiger partial charge in [-0.25, -0.2) is 4.39 Å². The topological polar surface area (TPSA) is 70.3 Å². The second kappa shape index (κ2) is 9.41. The number of amides is 1. The predicted molar refractivity (Wildman–Crippen MR) is 114 cm³/mol. The van der Waals surface area contributed by atoms with Crippen LogP contribution in [0.1, 0.15) is 48.2 Å². The molecule has 0 unspecified atom stereocenters. The minimum Gasteiger partial charge on any atom is -0.376 e. The second-order valence-corrected chi connectivity index (χ2v) is 7.98. The van der Waals surface area contributed by atoms with E-state index in [0.717, 1.165) is 36.3 Å². The highest BCUT2D eigenvalue weighted by molar-refractivity contribution is 5.93. The Morgan fingerprint density at radius 2 is 2.10 bits per heavy atom. The number of nitrogens with zero attached hydrogens (tertiary/aromatic N) is 3. The van der Waals surface area contributed by atoms with Crippen LogP contribution < -0.4 is 5.32 Å². The minimum absolute atomic E-state index is 0.0612. The van der Waals surface area contributed by atoms with Crippen LogP contribution in [-0.4, -0.2) is 41.7 Å². The second-order valence-electron chi connectivity index (χ2n) is 7.98. The summed E-state index contributed by atoms with van der Waals surface area (Å²) in [5.74, 6) is 0.0537. The van der Waals surface area contributed by atoms with Crippen LogP contribution in [0.15, 0.2) is 24.3 Å². The Kier molecular flexibility index (Phi) is 6.91. The third-order valence-corrected chi connectivity index (χ3v) is 6.02. The molecular formula is C23H29FN4O2. The molecular weight excluding hydrogens is 383 g/mol. The monoisotopic (exact) mass is 412 g/mol. The van der Waals surface area contributed by atoms with Crippen molar-refractivity contribution in [3.05, 3.63) is 52.5 Å². The van der Waals surface area contributed by atoms with Crippen molar-refractivity contribution in [2.45, 2.75) is 52.3 Å². The molecule has 6 nitrogen and oxygen atoms in total. The summed E-state index contributed by atoms with van der Waals surface area (Å²) in [4.78, 5) is 14.7. The van der Waals surface area contributed by atoms with E-state index in [2.05, 4.69) is 11.4 Å². The van der Waals surface area contributed by atoms with Gasteiger partial charge in [0.15, 0.2) is 0 Å². The Morgan fingerprint density at radius 1 is 1.40 bits per heavy atom. The first-order chi connectivity index (χ1) is 14.3. The van der Waals surface area contributed by atoms with E-state index >= 15 is 0 Å². The van der Waals surface area contributed by atoms with Crippen molar-refractivity contribution in [2.24, 2.45) is 0 Å². The lowest BCUT2D eigenvalue weighted by molar-refractivity contribution is -0.117. The van der Waals surface area contributed by atoms with Gasteiger partial charge in [0.2, 0.25) is 5.91 Å². The zero-order valence-corrected chi connectivity index (χ0v) is 18.0.